The molecule has 1 spiro atoms. The second kappa shape index (κ2) is 8.64. The zero-order valence-electron chi connectivity index (χ0n) is 22.3. The summed E-state index contributed by atoms with van der Waals surface area (Å²) < 4.78 is 36.5. The molecule has 0 N–H and O–H groups in total. The predicted molar refractivity (Wildman–Crippen MR) is 134 cm³/mol. The highest BCUT2D eigenvalue weighted by atomic mass is 19.1. The van der Waals surface area contributed by atoms with Crippen LogP contribution < -0.4 is 0 Å². The summed E-state index contributed by atoms with van der Waals surface area (Å²) in [5, 5.41) is 2.68. The lowest BCUT2D eigenvalue weighted by atomic mass is 9.44. The summed E-state index contributed by atoms with van der Waals surface area (Å²) in [6.07, 6.45) is 7.90. The zero-order chi connectivity index (χ0) is 27.8. The third kappa shape index (κ3) is 3.21. The van der Waals surface area contributed by atoms with Crippen LogP contribution in [0.25, 0.3) is 0 Å². The Bertz CT molecular complexity index is 1210. The van der Waals surface area contributed by atoms with Crippen LogP contribution in [-0.4, -0.2) is 53.4 Å². The van der Waals surface area contributed by atoms with Crippen molar-refractivity contribution >= 4 is 17.5 Å². The highest BCUT2D eigenvalue weighted by Crippen LogP contribution is 2.73. The third-order valence-electron chi connectivity index (χ3n) is 10.8. The Balaban J connectivity index is 1.49. The number of Topliss-reactive ketones (excluding diaryl/α,β-unsaturated/α-hetero) is 1. The van der Waals surface area contributed by atoms with Crippen molar-refractivity contribution in [3.63, 3.8) is 0 Å². The molecule has 8 atom stereocenters. The highest BCUT2D eigenvalue weighted by molar-refractivity contribution is 6.01. The van der Waals surface area contributed by atoms with Crippen LogP contribution in [-0.2, 0) is 33.4 Å². The summed E-state index contributed by atoms with van der Waals surface area (Å²) in [4.78, 5) is 54.9. The van der Waals surface area contributed by atoms with Gasteiger partial charge in [-0.1, -0.05) is 19.1 Å². The normalized spacial score (nSPS) is 45.0. The lowest BCUT2D eigenvalue weighted by Crippen LogP contribution is -2.70. The van der Waals surface area contributed by atoms with Crippen LogP contribution in [0.1, 0.15) is 65.2 Å². The molecule has 0 aromatic rings. The molecular weight excluding hydrogens is 509 g/mol. The average molecular weight is 544 g/mol. The van der Waals surface area contributed by atoms with Crippen LogP contribution >= 0.6 is 0 Å². The summed E-state index contributed by atoms with van der Waals surface area (Å²) in [6, 6.07) is 0. The Morgan fingerprint density at radius 3 is 2.69 bits per heavy atom. The van der Waals surface area contributed by atoms with Gasteiger partial charge < -0.3 is 19.0 Å². The number of nitrogens with zero attached hydrogens (tertiary/aromatic N) is 1. The molecule has 6 rings (SSSR count). The maximum absolute atomic E-state index is 18.0. The fraction of sp³-hybridized carbons (Fsp3) is 0.690. The van der Waals surface area contributed by atoms with Crippen molar-refractivity contribution in [2.75, 3.05) is 6.61 Å². The van der Waals surface area contributed by atoms with Crippen LogP contribution in [0.4, 0.5) is 4.39 Å². The van der Waals surface area contributed by atoms with Gasteiger partial charge in [-0.15, -0.1) is 11.5 Å². The van der Waals surface area contributed by atoms with E-state index in [9.17, 15) is 19.3 Å². The number of rotatable bonds is 6. The van der Waals surface area contributed by atoms with Crippen molar-refractivity contribution < 1.29 is 37.8 Å². The van der Waals surface area contributed by atoms with Gasteiger partial charge in [0.15, 0.2) is 40.9 Å². The molecule has 1 aliphatic heterocycles. The predicted octanol–water partition coefficient (Wildman–Crippen LogP) is 4.40. The van der Waals surface area contributed by atoms with Gasteiger partial charge in [-0.3, -0.25) is 14.4 Å². The van der Waals surface area contributed by atoms with Gasteiger partial charge in [0.05, 0.1) is 11.5 Å². The number of carbonyl (C=O) groups is 3. The Morgan fingerprint density at radius 1 is 1.28 bits per heavy atom. The number of ketones is 2. The van der Waals surface area contributed by atoms with E-state index in [1.165, 1.54) is 31.2 Å². The first kappa shape index (κ1) is 26.5. The second-order valence-corrected chi connectivity index (χ2v) is 12.3. The van der Waals surface area contributed by atoms with E-state index >= 15 is 4.39 Å². The maximum atomic E-state index is 18.0. The van der Waals surface area contributed by atoms with E-state index in [1.807, 2.05) is 6.92 Å². The molecule has 0 radical (unpaired) electrons. The largest absolute Gasteiger partial charge is 0.458 e. The minimum absolute atomic E-state index is 0.0667. The van der Waals surface area contributed by atoms with Crippen molar-refractivity contribution in [3.8, 4) is 0 Å². The van der Waals surface area contributed by atoms with Gasteiger partial charge in [0.1, 0.15) is 0 Å². The van der Waals surface area contributed by atoms with Gasteiger partial charge in [0.25, 0.3) is 0 Å². The fourth-order valence-corrected chi connectivity index (χ4v) is 9.26. The van der Waals surface area contributed by atoms with E-state index in [0.717, 1.165) is 12.8 Å². The molecule has 1 unspecified atom stereocenters. The molecule has 10 heteroatoms. The number of carbonyl (C=O) groups excluding carboxylic acids is 3. The molecule has 0 bridgehead atoms. The van der Waals surface area contributed by atoms with Gasteiger partial charge in [0, 0.05) is 31.1 Å². The number of hydrogen-bond donors (Lipinski definition) is 0. The number of hydrogen-bond acceptors (Lipinski definition) is 9. The third-order valence-corrected chi connectivity index (χ3v) is 10.8. The smallest absolute Gasteiger partial charge is 0.303 e. The number of alkyl halides is 1. The number of halogens is 1. The minimum Gasteiger partial charge on any atom is -0.458 e. The van der Waals surface area contributed by atoms with Crippen molar-refractivity contribution in [2.24, 2.45) is 28.0 Å². The summed E-state index contributed by atoms with van der Waals surface area (Å²) in [7, 11) is 0. The SMILES string of the molecule is C=C[C@]12C=CC(=O)C=C1CCC1[C@@H]3C[C@H]4OC5(CCCC5)O[C@@]4(C(=O)COC(C)=O)[C@@]3(C)C[C@H](ON=O)[C@@]12F. The maximum Gasteiger partial charge on any atom is 0.303 e. The highest BCUT2D eigenvalue weighted by Gasteiger charge is 2.81. The van der Waals surface area contributed by atoms with E-state index in [0.29, 0.717) is 37.7 Å². The Morgan fingerprint density at radius 2 is 2.03 bits per heavy atom. The standard InChI is InChI=1S/C29H34FNO8/c1-4-26-12-9-19(33)13-18(26)7-8-20-21-14-23-29(22(34)16-36-17(2)32,39-27(37-23)10-5-6-11-27)25(21,3)15-24(38-31-35)28(20,26)30/h4,9,12-13,20-21,23-24H,1,5-8,10-11,14-16H2,2-3H3/t20?,21-,23+,24-,25-,26-,28-,29+/m0/s1. The van der Waals surface area contributed by atoms with E-state index < -0.39 is 70.3 Å². The molecule has 1 saturated heterocycles. The van der Waals surface area contributed by atoms with E-state index in [1.54, 1.807) is 0 Å². The molecule has 6 aliphatic rings. The van der Waals surface area contributed by atoms with E-state index in [-0.39, 0.29) is 12.2 Å². The van der Waals surface area contributed by atoms with Crippen LogP contribution in [0.5, 0.6) is 0 Å². The monoisotopic (exact) mass is 543 g/mol. The topological polar surface area (TPSA) is 118 Å². The van der Waals surface area contributed by atoms with Gasteiger partial charge in [0.2, 0.25) is 5.78 Å². The fourth-order valence-electron chi connectivity index (χ4n) is 9.26. The van der Waals surface area contributed by atoms with Crippen LogP contribution in [0.2, 0.25) is 0 Å². The lowest BCUT2D eigenvalue weighted by molar-refractivity contribution is -0.257. The molecule has 0 aromatic carbocycles. The van der Waals surface area contributed by atoms with Crippen LogP contribution in [0.15, 0.2) is 41.8 Å². The molecule has 210 valence electrons. The van der Waals surface area contributed by atoms with Crippen molar-refractivity contribution in [1.29, 1.82) is 0 Å². The Hall–Kier alpha value is -2.72. The summed E-state index contributed by atoms with van der Waals surface area (Å²) in [5.41, 5.74) is -5.49. The summed E-state index contributed by atoms with van der Waals surface area (Å²) in [5.74, 6) is -3.27. The van der Waals surface area contributed by atoms with Crippen molar-refractivity contribution in [3.05, 3.63) is 41.4 Å². The van der Waals surface area contributed by atoms with Gasteiger partial charge in [-0.2, -0.15) is 0 Å². The van der Waals surface area contributed by atoms with Crippen molar-refractivity contribution in [2.45, 2.75) is 94.5 Å². The van der Waals surface area contributed by atoms with E-state index in [2.05, 4.69) is 11.9 Å². The Labute approximate surface area is 226 Å². The molecule has 0 amide bonds. The molecule has 0 aromatic heterocycles. The molecule has 1 heterocycles. The van der Waals surface area contributed by atoms with Crippen LogP contribution in [0, 0.1) is 27.6 Å². The minimum atomic E-state index is -2.17. The first-order valence-electron chi connectivity index (χ1n) is 13.8. The molecule has 5 aliphatic carbocycles. The Kier molecular flexibility index (Phi) is 5.87. The first-order valence-corrected chi connectivity index (χ1v) is 13.8. The van der Waals surface area contributed by atoms with Gasteiger partial charge in [-0.05, 0) is 62.2 Å². The molecule has 9 nitrogen and oxygen atoms in total. The molecule has 39 heavy (non-hydrogen) atoms. The zero-order valence-corrected chi connectivity index (χ0v) is 22.3. The average Bonchev–Trinajstić information content (AvgIpc) is 3.55. The van der Waals surface area contributed by atoms with E-state index in [4.69, 9.17) is 19.0 Å². The molecule has 5 fully saturated rings. The van der Waals surface area contributed by atoms with Crippen LogP contribution in [0.3, 0.4) is 0 Å². The summed E-state index contributed by atoms with van der Waals surface area (Å²) in [6.45, 7) is 6.56. The number of ether oxygens (including phenoxy) is 3. The quantitative estimate of drug-likeness (QED) is 0.209. The summed E-state index contributed by atoms with van der Waals surface area (Å²) >= 11 is 0. The molecule has 4 saturated carbocycles. The lowest BCUT2D eigenvalue weighted by Gasteiger charge is -2.62. The number of esters is 1. The van der Waals surface area contributed by atoms with Crippen molar-refractivity contribution in [1.82, 2.24) is 0 Å². The molecular formula is C29H34FNO8. The second-order valence-electron chi connectivity index (χ2n) is 12.3. The van der Waals surface area contributed by atoms with Gasteiger partial charge in [-0.25, -0.2) is 4.39 Å². The van der Waals surface area contributed by atoms with Gasteiger partial charge >= 0.3 is 5.97 Å². The first-order chi connectivity index (χ1) is 18.5. The number of allylic oxidation sites excluding steroid dienone is 5. The number of fused-ring (bicyclic) bond motifs is 7.